The molecule has 1 aromatic carbocycles. The molecule has 0 spiro atoms. The van der Waals surface area contributed by atoms with Crippen molar-refractivity contribution in [3.63, 3.8) is 0 Å². The maximum Gasteiger partial charge on any atom is 0.269 e. The van der Waals surface area contributed by atoms with Crippen molar-refractivity contribution >= 4 is 5.69 Å². The first-order chi connectivity index (χ1) is 9.63. The van der Waals surface area contributed by atoms with Gasteiger partial charge in [-0.2, -0.15) is 5.10 Å². The van der Waals surface area contributed by atoms with E-state index < -0.39 is 11.6 Å². The first-order valence-corrected chi connectivity index (χ1v) is 6.42. The second-order valence-corrected chi connectivity index (χ2v) is 4.77. The lowest BCUT2D eigenvalue weighted by Gasteiger charge is -2.17. The van der Waals surface area contributed by atoms with Crippen LogP contribution in [-0.2, 0) is 13.0 Å². The lowest BCUT2D eigenvalue weighted by Crippen LogP contribution is -2.27. The minimum Gasteiger partial charge on any atom is -0.383 e. The fraction of sp³-hybridized carbons (Fsp3) is 0.286. The second kappa shape index (κ2) is 5.03. The fourth-order valence-electron chi connectivity index (χ4n) is 2.29. The monoisotopic (exact) mass is 277 g/mol. The van der Waals surface area contributed by atoms with E-state index in [2.05, 4.69) is 10.4 Å². The first kappa shape index (κ1) is 12.8. The van der Waals surface area contributed by atoms with Gasteiger partial charge in [-0.3, -0.25) is 4.79 Å². The summed E-state index contributed by atoms with van der Waals surface area (Å²) < 4.78 is 27.9. The summed E-state index contributed by atoms with van der Waals surface area (Å²) in [5.74, 6) is -1.08. The molecule has 0 unspecified atom stereocenters. The first-order valence-electron chi connectivity index (χ1n) is 6.42. The molecular formula is C14H13F2N3O. The summed E-state index contributed by atoms with van der Waals surface area (Å²) in [4.78, 5) is 11.9. The molecule has 1 aliphatic rings. The van der Waals surface area contributed by atoms with Crippen LogP contribution in [0.5, 0.6) is 0 Å². The van der Waals surface area contributed by atoms with E-state index in [1.807, 2.05) is 0 Å². The number of nitrogens with zero attached hydrogens (tertiary/aromatic N) is 2. The lowest BCUT2D eigenvalue weighted by molar-refractivity contribution is 0.550. The summed E-state index contributed by atoms with van der Waals surface area (Å²) in [5, 5.41) is 7.34. The van der Waals surface area contributed by atoms with E-state index in [-0.39, 0.29) is 17.7 Å². The van der Waals surface area contributed by atoms with E-state index in [0.717, 1.165) is 49.0 Å². The van der Waals surface area contributed by atoms with Crippen LogP contribution in [0.2, 0.25) is 0 Å². The van der Waals surface area contributed by atoms with Gasteiger partial charge in [0.1, 0.15) is 11.6 Å². The van der Waals surface area contributed by atoms with E-state index in [1.165, 1.54) is 10.7 Å². The van der Waals surface area contributed by atoms with E-state index in [4.69, 9.17) is 0 Å². The molecule has 0 atom stereocenters. The highest BCUT2D eigenvalue weighted by atomic mass is 19.1. The smallest absolute Gasteiger partial charge is 0.269 e. The van der Waals surface area contributed by atoms with Gasteiger partial charge in [-0.1, -0.05) is 0 Å². The predicted molar refractivity (Wildman–Crippen MR) is 70.8 cm³/mol. The highest BCUT2D eigenvalue weighted by Crippen LogP contribution is 2.17. The molecule has 1 aliphatic heterocycles. The molecule has 1 aromatic heterocycles. The molecular weight excluding hydrogens is 264 g/mol. The number of nitrogens with one attached hydrogen (secondary N) is 1. The molecule has 0 amide bonds. The molecule has 0 saturated carbocycles. The molecule has 104 valence electrons. The van der Waals surface area contributed by atoms with Gasteiger partial charge in [-0.25, -0.2) is 13.5 Å². The number of aromatic nitrogens is 2. The fourth-order valence-corrected chi connectivity index (χ4v) is 2.29. The number of aryl methyl sites for hydroxylation is 1. The van der Waals surface area contributed by atoms with Crippen LogP contribution in [0.3, 0.4) is 0 Å². The Morgan fingerprint density at radius 2 is 2.15 bits per heavy atom. The highest BCUT2D eigenvalue weighted by Gasteiger charge is 2.14. The summed E-state index contributed by atoms with van der Waals surface area (Å²) in [5.41, 5.74) is 1.30. The standard InChI is InChI=1S/C14H13F2N3O/c15-10-3-4-11(16)9(6-10)8-19-14(20)7-13-12(18-19)2-1-5-17-13/h3-4,6-7,17H,1-2,5,8H2. The third-order valence-electron chi connectivity index (χ3n) is 3.31. The third kappa shape index (κ3) is 2.41. The minimum atomic E-state index is -0.545. The van der Waals surface area contributed by atoms with E-state index >= 15 is 0 Å². The summed E-state index contributed by atoms with van der Waals surface area (Å²) in [6, 6.07) is 4.64. The van der Waals surface area contributed by atoms with E-state index in [0.29, 0.717) is 0 Å². The molecule has 2 aromatic rings. The number of rotatable bonds is 2. The van der Waals surface area contributed by atoms with Crippen molar-refractivity contribution in [2.75, 3.05) is 11.9 Å². The molecule has 20 heavy (non-hydrogen) atoms. The number of fused-ring (bicyclic) bond motifs is 1. The summed E-state index contributed by atoms with van der Waals surface area (Å²) in [6.07, 6.45) is 1.71. The van der Waals surface area contributed by atoms with Crippen molar-refractivity contribution in [1.29, 1.82) is 0 Å². The van der Waals surface area contributed by atoms with Crippen molar-refractivity contribution in [3.05, 3.63) is 57.5 Å². The van der Waals surface area contributed by atoms with Gasteiger partial charge < -0.3 is 5.32 Å². The van der Waals surface area contributed by atoms with Crippen molar-refractivity contribution < 1.29 is 8.78 Å². The number of anilines is 1. The third-order valence-corrected chi connectivity index (χ3v) is 3.31. The Balaban J connectivity index is 1.98. The zero-order valence-corrected chi connectivity index (χ0v) is 10.7. The van der Waals surface area contributed by atoms with Gasteiger partial charge in [0.2, 0.25) is 0 Å². The Labute approximate surface area is 114 Å². The molecule has 0 radical (unpaired) electrons. The van der Waals surface area contributed by atoms with Crippen LogP contribution in [0.25, 0.3) is 0 Å². The molecule has 2 heterocycles. The SMILES string of the molecule is O=c1cc2c(nn1Cc1cc(F)ccc1F)CCCN2. The average molecular weight is 277 g/mol. The Kier molecular flexibility index (Phi) is 3.22. The van der Waals surface area contributed by atoms with Gasteiger partial charge in [-0.05, 0) is 31.0 Å². The van der Waals surface area contributed by atoms with Crippen LogP contribution in [0.4, 0.5) is 14.5 Å². The summed E-state index contributed by atoms with van der Waals surface area (Å²) in [7, 11) is 0. The minimum absolute atomic E-state index is 0.0737. The Hall–Kier alpha value is -2.24. The van der Waals surface area contributed by atoms with Crippen molar-refractivity contribution in [2.45, 2.75) is 19.4 Å². The Morgan fingerprint density at radius 1 is 1.30 bits per heavy atom. The lowest BCUT2D eigenvalue weighted by atomic mass is 10.1. The zero-order valence-electron chi connectivity index (χ0n) is 10.7. The van der Waals surface area contributed by atoms with Gasteiger partial charge in [0.25, 0.3) is 5.56 Å². The quantitative estimate of drug-likeness (QED) is 0.912. The number of halogens is 2. The van der Waals surface area contributed by atoms with Crippen LogP contribution >= 0.6 is 0 Å². The number of hydrogen-bond donors (Lipinski definition) is 1. The molecule has 0 saturated heterocycles. The van der Waals surface area contributed by atoms with Gasteiger partial charge in [0.05, 0.1) is 17.9 Å². The van der Waals surface area contributed by atoms with Crippen molar-refractivity contribution in [2.24, 2.45) is 0 Å². The van der Waals surface area contributed by atoms with Gasteiger partial charge >= 0.3 is 0 Å². The normalized spacial score (nSPS) is 13.7. The molecule has 4 nitrogen and oxygen atoms in total. The number of benzene rings is 1. The van der Waals surface area contributed by atoms with Crippen LogP contribution in [-0.4, -0.2) is 16.3 Å². The van der Waals surface area contributed by atoms with Crippen molar-refractivity contribution in [3.8, 4) is 0 Å². The van der Waals surface area contributed by atoms with E-state index in [1.54, 1.807) is 0 Å². The number of hydrogen-bond acceptors (Lipinski definition) is 3. The highest BCUT2D eigenvalue weighted by molar-refractivity contribution is 5.48. The summed E-state index contributed by atoms with van der Waals surface area (Å²) >= 11 is 0. The Morgan fingerprint density at radius 3 is 3.00 bits per heavy atom. The zero-order chi connectivity index (χ0) is 14.1. The van der Waals surface area contributed by atoms with Crippen LogP contribution in [0.15, 0.2) is 29.1 Å². The van der Waals surface area contributed by atoms with Gasteiger partial charge in [-0.15, -0.1) is 0 Å². The molecule has 0 aliphatic carbocycles. The summed E-state index contributed by atoms with van der Waals surface area (Å²) in [6.45, 7) is 0.742. The van der Waals surface area contributed by atoms with Crippen LogP contribution in [0, 0.1) is 11.6 Å². The maximum absolute atomic E-state index is 13.6. The molecule has 0 bridgehead atoms. The van der Waals surface area contributed by atoms with E-state index in [9.17, 15) is 13.6 Å². The topological polar surface area (TPSA) is 46.9 Å². The van der Waals surface area contributed by atoms with Crippen LogP contribution in [0.1, 0.15) is 17.7 Å². The molecule has 6 heteroatoms. The second-order valence-electron chi connectivity index (χ2n) is 4.77. The largest absolute Gasteiger partial charge is 0.383 e. The van der Waals surface area contributed by atoms with Crippen LogP contribution < -0.4 is 10.9 Å². The maximum atomic E-state index is 13.6. The van der Waals surface area contributed by atoms with Gasteiger partial charge in [0.15, 0.2) is 0 Å². The Bertz CT molecular complexity index is 712. The average Bonchev–Trinajstić information content (AvgIpc) is 2.43. The molecule has 1 N–H and O–H groups in total. The van der Waals surface area contributed by atoms with Gasteiger partial charge in [0, 0.05) is 18.2 Å². The molecule has 3 rings (SSSR count). The predicted octanol–water partition coefficient (Wildman–Crippen LogP) is 1.93. The van der Waals surface area contributed by atoms with Crippen molar-refractivity contribution in [1.82, 2.24) is 9.78 Å². The molecule has 0 fully saturated rings.